The SMILES string of the molecule is CCCN1CCN(c2nc(C(C)C)nc(NN)c2C)CC1. The minimum atomic E-state index is 0.290. The summed E-state index contributed by atoms with van der Waals surface area (Å²) in [6, 6.07) is 0. The van der Waals surface area contributed by atoms with Crippen molar-refractivity contribution in [3.63, 3.8) is 0 Å². The number of piperazine rings is 1. The molecule has 6 heteroatoms. The molecular weight excluding hydrogens is 264 g/mol. The maximum Gasteiger partial charge on any atom is 0.148 e. The highest BCUT2D eigenvalue weighted by molar-refractivity contribution is 5.58. The van der Waals surface area contributed by atoms with Crippen molar-refractivity contribution in [3.8, 4) is 0 Å². The van der Waals surface area contributed by atoms with Crippen LogP contribution >= 0.6 is 0 Å². The second kappa shape index (κ2) is 7.04. The summed E-state index contributed by atoms with van der Waals surface area (Å²) in [6.45, 7) is 13.9. The molecule has 118 valence electrons. The fraction of sp³-hybridized carbons (Fsp3) is 0.733. The van der Waals surface area contributed by atoms with Crippen LogP contribution in [0.5, 0.6) is 0 Å². The van der Waals surface area contributed by atoms with Gasteiger partial charge in [0.25, 0.3) is 0 Å². The van der Waals surface area contributed by atoms with Gasteiger partial charge in [0.15, 0.2) is 0 Å². The quantitative estimate of drug-likeness (QED) is 0.636. The van der Waals surface area contributed by atoms with Crippen molar-refractivity contribution in [1.29, 1.82) is 0 Å². The molecule has 21 heavy (non-hydrogen) atoms. The molecule has 1 saturated heterocycles. The molecule has 0 saturated carbocycles. The number of anilines is 2. The molecule has 0 unspecified atom stereocenters. The van der Waals surface area contributed by atoms with E-state index in [0.717, 1.165) is 49.2 Å². The standard InChI is InChI=1S/C15H28N6/c1-5-6-20-7-9-21(10-8-20)15-12(4)14(19-16)17-13(18-15)11(2)3/h11H,5-10,16H2,1-4H3,(H,17,18,19). The van der Waals surface area contributed by atoms with Gasteiger partial charge in [0.2, 0.25) is 0 Å². The number of nitrogens with one attached hydrogen (secondary N) is 1. The number of aromatic nitrogens is 2. The lowest BCUT2D eigenvalue weighted by molar-refractivity contribution is 0.258. The first kappa shape index (κ1) is 16.0. The molecule has 1 aliphatic heterocycles. The molecule has 1 aromatic heterocycles. The molecule has 1 fully saturated rings. The van der Waals surface area contributed by atoms with E-state index >= 15 is 0 Å². The second-order valence-electron chi connectivity index (χ2n) is 6.01. The van der Waals surface area contributed by atoms with E-state index in [1.165, 1.54) is 13.0 Å². The molecule has 0 aromatic carbocycles. The predicted octanol–water partition coefficient (Wildman–Crippen LogP) is 1.73. The van der Waals surface area contributed by atoms with E-state index in [0.29, 0.717) is 0 Å². The Balaban J connectivity index is 2.21. The average Bonchev–Trinajstić information content (AvgIpc) is 2.48. The summed E-state index contributed by atoms with van der Waals surface area (Å²) in [5, 5.41) is 0. The summed E-state index contributed by atoms with van der Waals surface area (Å²) in [6.07, 6.45) is 1.21. The summed E-state index contributed by atoms with van der Waals surface area (Å²) >= 11 is 0. The Kier molecular flexibility index (Phi) is 5.36. The van der Waals surface area contributed by atoms with Crippen LogP contribution < -0.4 is 16.2 Å². The monoisotopic (exact) mass is 292 g/mol. The Morgan fingerprint density at radius 1 is 1.19 bits per heavy atom. The van der Waals surface area contributed by atoms with Crippen molar-refractivity contribution in [2.45, 2.75) is 40.0 Å². The lowest BCUT2D eigenvalue weighted by Crippen LogP contribution is -2.47. The molecule has 1 aliphatic rings. The molecule has 3 N–H and O–H groups in total. The Bertz CT molecular complexity index is 465. The second-order valence-corrected chi connectivity index (χ2v) is 6.01. The maximum absolute atomic E-state index is 5.61. The van der Waals surface area contributed by atoms with Crippen molar-refractivity contribution in [3.05, 3.63) is 11.4 Å². The van der Waals surface area contributed by atoms with Crippen LogP contribution in [0.3, 0.4) is 0 Å². The van der Waals surface area contributed by atoms with Gasteiger partial charge in [-0.25, -0.2) is 15.8 Å². The van der Waals surface area contributed by atoms with Gasteiger partial charge in [0.1, 0.15) is 17.5 Å². The van der Waals surface area contributed by atoms with Crippen LogP contribution in [0.1, 0.15) is 44.5 Å². The van der Waals surface area contributed by atoms with Crippen LogP contribution in [0.4, 0.5) is 11.6 Å². The van der Waals surface area contributed by atoms with Gasteiger partial charge in [0.05, 0.1) is 0 Å². The van der Waals surface area contributed by atoms with Crippen molar-refractivity contribution in [2.75, 3.05) is 43.0 Å². The molecular formula is C15H28N6. The first-order chi connectivity index (χ1) is 10.1. The highest BCUT2D eigenvalue weighted by atomic mass is 15.3. The van der Waals surface area contributed by atoms with Gasteiger partial charge < -0.3 is 10.3 Å². The summed E-state index contributed by atoms with van der Waals surface area (Å²) in [4.78, 5) is 14.2. The van der Waals surface area contributed by atoms with Gasteiger partial charge in [-0.1, -0.05) is 20.8 Å². The predicted molar refractivity (Wildman–Crippen MR) is 87.6 cm³/mol. The Morgan fingerprint density at radius 2 is 1.86 bits per heavy atom. The average molecular weight is 292 g/mol. The first-order valence-electron chi connectivity index (χ1n) is 7.89. The van der Waals surface area contributed by atoms with E-state index in [1.807, 2.05) is 6.92 Å². The highest BCUT2D eigenvalue weighted by Gasteiger charge is 2.21. The minimum Gasteiger partial charge on any atom is -0.354 e. The van der Waals surface area contributed by atoms with Crippen molar-refractivity contribution >= 4 is 11.6 Å². The fourth-order valence-electron chi connectivity index (χ4n) is 2.73. The maximum atomic E-state index is 5.61. The van der Waals surface area contributed by atoms with Gasteiger partial charge >= 0.3 is 0 Å². The van der Waals surface area contributed by atoms with Gasteiger partial charge in [-0.15, -0.1) is 0 Å². The van der Waals surface area contributed by atoms with E-state index < -0.39 is 0 Å². The molecule has 6 nitrogen and oxygen atoms in total. The third-order valence-electron chi connectivity index (χ3n) is 4.00. The van der Waals surface area contributed by atoms with Gasteiger partial charge in [0, 0.05) is 37.7 Å². The largest absolute Gasteiger partial charge is 0.354 e. The zero-order valence-corrected chi connectivity index (χ0v) is 13.7. The van der Waals surface area contributed by atoms with Crippen molar-refractivity contribution in [1.82, 2.24) is 14.9 Å². The van der Waals surface area contributed by atoms with Crippen LogP contribution in [0.15, 0.2) is 0 Å². The summed E-state index contributed by atoms with van der Waals surface area (Å²) in [7, 11) is 0. The van der Waals surface area contributed by atoms with E-state index in [2.05, 4.69) is 41.0 Å². The third-order valence-corrected chi connectivity index (χ3v) is 4.00. The van der Waals surface area contributed by atoms with Crippen LogP contribution in [0, 0.1) is 6.92 Å². The summed E-state index contributed by atoms with van der Waals surface area (Å²) in [5.74, 6) is 8.51. The summed E-state index contributed by atoms with van der Waals surface area (Å²) in [5.41, 5.74) is 3.74. The molecule has 0 atom stereocenters. The molecule has 0 spiro atoms. The number of hydrazine groups is 1. The number of nitrogens with two attached hydrogens (primary N) is 1. The number of nitrogens with zero attached hydrogens (tertiary/aromatic N) is 4. The molecule has 2 heterocycles. The molecule has 0 aliphatic carbocycles. The summed E-state index contributed by atoms with van der Waals surface area (Å²) < 4.78 is 0. The molecule has 0 amide bonds. The number of nitrogen functional groups attached to an aromatic ring is 1. The van der Waals surface area contributed by atoms with Crippen molar-refractivity contribution in [2.24, 2.45) is 5.84 Å². The van der Waals surface area contributed by atoms with Gasteiger partial charge in [-0.05, 0) is 19.9 Å². The van der Waals surface area contributed by atoms with Gasteiger partial charge in [-0.2, -0.15) is 0 Å². The van der Waals surface area contributed by atoms with Gasteiger partial charge in [-0.3, -0.25) is 4.90 Å². The van der Waals surface area contributed by atoms with Crippen LogP contribution in [-0.2, 0) is 0 Å². The lowest BCUT2D eigenvalue weighted by Gasteiger charge is -2.36. The van der Waals surface area contributed by atoms with E-state index in [9.17, 15) is 0 Å². The van der Waals surface area contributed by atoms with Crippen LogP contribution in [-0.4, -0.2) is 47.6 Å². The van der Waals surface area contributed by atoms with E-state index in [-0.39, 0.29) is 5.92 Å². The third kappa shape index (κ3) is 3.63. The van der Waals surface area contributed by atoms with Crippen molar-refractivity contribution < 1.29 is 0 Å². The smallest absolute Gasteiger partial charge is 0.148 e. The Morgan fingerprint density at radius 3 is 2.38 bits per heavy atom. The Labute approximate surface area is 127 Å². The zero-order valence-electron chi connectivity index (χ0n) is 13.7. The number of rotatable bonds is 5. The van der Waals surface area contributed by atoms with E-state index in [4.69, 9.17) is 10.8 Å². The first-order valence-corrected chi connectivity index (χ1v) is 7.89. The normalized spacial score (nSPS) is 16.6. The Hall–Kier alpha value is -1.40. The zero-order chi connectivity index (χ0) is 15.4. The molecule has 0 radical (unpaired) electrons. The lowest BCUT2D eigenvalue weighted by atomic mass is 10.2. The topological polar surface area (TPSA) is 70.3 Å². The van der Waals surface area contributed by atoms with E-state index in [1.54, 1.807) is 0 Å². The molecule has 0 bridgehead atoms. The number of hydrogen-bond acceptors (Lipinski definition) is 6. The molecule has 2 rings (SSSR count). The minimum absolute atomic E-state index is 0.290. The highest BCUT2D eigenvalue weighted by Crippen LogP contribution is 2.26. The fourth-order valence-corrected chi connectivity index (χ4v) is 2.73. The van der Waals surface area contributed by atoms with Crippen LogP contribution in [0.25, 0.3) is 0 Å². The van der Waals surface area contributed by atoms with Crippen LogP contribution in [0.2, 0.25) is 0 Å². The molecule has 1 aromatic rings. The number of hydrogen-bond donors (Lipinski definition) is 2.